The minimum atomic E-state index is -4.10. The van der Waals surface area contributed by atoms with Crippen LogP contribution in [0.4, 0.5) is 0 Å². The first-order valence-corrected chi connectivity index (χ1v) is 6.20. The predicted octanol–water partition coefficient (Wildman–Crippen LogP) is 0.000800. The lowest BCUT2D eigenvalue weighted by Gasteiger charge is -2.08. The Balaban J connectivity index is 4.35. The summed E-state index contributed by atoms with van der Waals surface area (Å²) in [6.45, 7) is 3.37. The maximum Gasteiger partial charge on any atom is 0.329 e. The Kier molecular flexibility index (Phi) is 5.75. The maximum absolute atomic E-state index is 11.1. The Morgan fingerprint density at radius 3 is 2.53 bits per heavy atom. The Hall–Kier alpha value is -0.680. The molecule has 0 fully saturated rings. The second-order valence-electron chi connectivity index (χ2n) is 3.11. The molecule has 0 amide bonds. The summed E-state index contributed by atoms with van der Waals surface area (Å²) in [6, 6.07) is -0.975. The third-order valence-corrected chi connectivity index (χ3v) is 2.39. The summed E-state index contributed by atoms with van der Waals surface area (Å²) in [5, 5.41) is 0. The van der Waals surface area contributed by atoms with Gasteiger partial charge in [0.1, 0.15) is 6.04 Å². The minimum absolute atomic E-state index is 0.220. The van der Waals surface area contributed by atoms with Gasteiger partial charge in [-0.2, -0.15) is 0 Å². The van der Waals surface area contributed by atoms with E-state index in [1.165, 1.54) is 13.0 Å². The number of rotatable bonds is 5. The Bertz CT molecular complexity index is 295. The molecule has 0 bridgehead atoms. The fourth-order valence-corrected chi connectivity index (χ4v) is 1.75. The minimum Gasteiger partial charge on any atom is -0.465 e. The molecule has 0 aliphatic rings. The van der Waals surface area contributed by atoms with Crippen LogP contribution in [0.25, 0.3) is 0 Å². The largest absolute Gasteiger partial charge is 0.465 e. The highest BCUT2D eigenvalue weighted by atomic mass is 31.2. The van der Waals surface area contributed by atoms with Gasteiger partial charge in [0, 0.05) is 0 Å². The second kappa shape index (κ2) is 6.02. The monoisotopic (exact) mass is 237 g/mol. The molecular weight excluding hydrogens is 221 g/mol. The number of ether oxygens (including phenoxy) is 1. The summed E-state index contributed by atoms with van der Waals surface area (Å²) in [4.78, 5) is 28.4. The summed E-state index contributed by atoms with van der Waals surface area (Å²) < 4.78 is 15.2. The van der Waals surface area contributed by atoms with Crippen LogP contribution in [0.3, 0.4) is 0 Å². The zero-order chi connectivity index (χ0) is 12.1. The van der Waals surface area contributed by atoms with E-state index in [0.717, 1.165) is 0 Å². The van der Waals surface area contributed by atoms with Crippen molar-refractivity contribution in [2.24, 2.45) is 5.73 Å². The van der Waals surface area contributed by atoms with Crippen LogP contribution in [0.15, 0.2) is 11.6 Å². The Morgan fingerprint density at radius 2 is 2.13 bits per heavy atom. The second-order valence-corrected chi connectivity index (χ2v) is 4.76. The molecule has 0 aromatic heterocycles. The van der Waals surface area contributed by atoms with Crippen LogP contribution in [0, 0.1) is 0 Å². The lowest BCUT2D eigenvalue weighted by Crippen LogP contribution is -2.30. The lowest BCUT2D eigenvalue weighted by molar-refractivity contribution is -0.143. The number of nitrogens with two attached hydrogens (primary N) is 1. The molecule has 6 nitrogen and oxygen atoms in total. The summed E-state index contributed by atoms with van der Waals surface area (Å²) in [6.07, 6.45) is 0.886. The molecule has 0 radical (unpaired) electrons. The highest BCUT2D eigenvalue weighted by Gasteiger charge is 2.16. The quantitative estimate of drug-likeness (QED) is 0.352. The molecule has 0 aliphatic carbocycles. The fourth-order valence-electron chi connectivity index (χ4n) is 0.991. The van der Waals surface area contributed by atoms with Crippen LogP contribution in [0.2, 0.25) is 0 Å². The molecule has 0 saturated heterocycles. The molecule has 0 saturated carbocycles. The Morgan fingerprint density at radius 1 is 1.60 bits per heavy atom. The number of esters is 1. The van der Waals surface area contributed by atoms with Gasteiger partial charge in [-0.05, 0) is 13.8 Å². The molecular formula is C8H16NO5P. The van der Waals surface area contributed by atoms with Gasteiger partial charge in [-0.1, -0.05) is 11.6 Å². The van der Waals surface area contributed by atoms with Crippen LogP contribution in [0.5, 0.6) is 0 Å². The summed E-state index contributed by atoms with van der Waals surface area (Å²) in [5.41, 5.74) is 5.78. The summed E-state index contributed by atoms with van der Waals surface area (Å²) >= 11 is 0. The average Bonchev–Trinajstić information content (AvgIpc) is 2.00. The van der Waals surface area contributed by atoms with Gasteiger partial charge in [0.15, 0.2) is 0 Å². The molecule has 15 heavy (non-hydrogen) atoms. The fraction of sp³-hybridized carbons (Fsp3) is 0.625. The van der Waals surface area contributed by atoms with Gasteiger partial charge in [0.2, 0.25) is 0 Å². The van der Waals surface area contributed by atoms with Crippen molar-refractivity contribution in [3.8, 4) is 0 Å². The highest BCUT2D eigenvalue weighted by molar-refractivity contribution is 7.52. The smallest absolute Gasteiger partial charge is 0.329 e. The molecule has 0 aromatic rings. The van der Waals surface area contributed by atoms with Crippen molar-refractivity contribution in [3.63, 3.8) is 0 Å². The van der Waals surface area contributed by atoms with E-state index in [-0.39, 0.29) is 6.61 Å². The Labute approximate surface area is 88.3 Å². The third kappa shape index (κ3) is 7.27. The maximum atomic E-state index is 11.1. The molecule has 0 heterocycles. The van der Waals surface area contributed by atoms with E-state index in [1.807, 2.05) is 0 Å². The van der Waals surface area contributed by atoms with Gasteiger partial charge >= 0.3 is 13.6 Å². The average molecular weight is 237 g/mol. The molecule has 0 spiro atoms. The van der Waals surface area contributed by atoms with Gasteiger partial charge in [-0.15, -0.1) is 0 Å². The first-order chi connectivity index (χ1) is 6.76. The third-order valence-electron chi connectivity index (χ3n) is 1.48. The van der Waals surface area contributed by atoms with Crippen molar-refractivity contribution < 1.29 is 23.9 Å². The number of allylic oxidation sites excluding steroid dienone is 1. The van der Waals surface area contributed by atoms with Crippen LogP contribution >= 0.6 is 7.60 Å². The van der Waals surface area contributed by atoms with E-state index in [1.54, 1.807) is 6.92 Å². The van der Waals surface area contributed by atoms with Crippen molar-refractivity contribution in [1.29, 1.82) is 0 Å². The van der Waals surface area contributed by atoms with Crippen LogP contribution in [-0.2, 0) is 14.1 Å². The van der Waals surface area contributed by atoms with Crippen molar-refractivity contribution in [3.05, 3.63) is 11.6 Å². The van der Waals surface area contributed by atoms with E-state index < -0.39 is 25.8 Å². The van der Waals surface area contributed by atoms with Gasteiger partial charge in [-0.25, -0.2) is 0 Å². The zero-order valence-corrected chi connectivity index (χ0v) is 9.61. The molecule has 4 N–H and O–H groups in total. The number of hydrogen-bond acceptors (Lipinski definition) is 4. The van der Waals surface area contributed by atoms with Crippen LogP contribution in [0.1, 0.15) is 13.8 Å². The molecule has 0 unspecified atom stereocenters. The summed E-state index contributed by atoms with van der Waals surface area (Å²) in [7, 11) is -4.10. The molecule has 7 heteroatoms. The zero-order valence-electron chi connectivity index (χ0n) is 8.71. The van der Waals surface area contributed by atoms with Crippen molar-refractivity contribution in [2.75, 3.05) is 12.8 Å². The van der Waals surface area contributed by atoms with Crippen molar-refractivity contribution >= 4 is 13.6 Å². The van der Waals surface area contributed by atoms with E-state index in [9.17, 15) is 9.36 Å². The topological polar surface area (TPSA) is 110 Å². The van der Waals surface area contributed by atoms with E-state index >= 15 is 0 Å². The van der Waals surface area contributed by atoms with E-state index in [0.29, 0.717) is 5.57 Å². The van der Waals surface area contributed by atoms with Crippen molar-refractivity contribution in [1.82, 2.24) is 0 Å². The molecule has 88 valence electrons. The number of carbonyl (C=O) groups is 1. The van der Waals surface area contributed by atoms with E-state index in [4.69, 9.17) is 15.5 Å². The normalized spacial score (nSPS) is 14.9. The van der Waals surface area contributed by atoms with Gasteiger partial charge in [0.05, 0.1) is 12.8 Å². The van der Waals surface area contributed by atoms with Crippen LogP contribution < -0.4 is 5.73 Å². The number of hydrogen-bond donors (Lipinski definition) is 3. The molecule has 0 aliphatic heterocycles. The number of carbonyl (C=O) groups excluding carboxylic acids is 1. The standard InChI is InChI=1S/C8H16NO5P/c1-3-14-8(10)7(9)4-6(2)5-15(11,12)13/h4,7H,3,5,9H2,1-2H3,(H2,11,12,13)/b6-4-/t7-/m1/s1. The predicted molar refractivity (Wildman–Crippen MR) is 55.3 cm³/mol. The van der Waals surface area contributed by atoms with Crippen molar-refractivity contribution in [2.45, 2.75) is 19.9 Å². The van der Waals surface area contributed by atoms with Gasteiger partial charge < -0.3 is 20.3 Å². The lowest BCUT2D eigenvalue weighted by atomic mass is 10.2. The van der Waals surface area contributed by atoms with Gasteiger partial charge in [-0.3, -0.25) is 9.36 Å². The molecule has 0 aromatic carbocycles. The van der Waals surface area contributed by atoms with Crippen LogP contribution in [-0.4, -0.2) is 34.6 Å². The first-order valence-electron chi connectivity index (χ1n) is 4.40. The van der Waals surface area contributed by atoms with Gasteiger partial charge in [0.25, 0.3) is 0 Å². The van der Waals surface area contributed by atoms with E-state index in [2.05, 4.69) is 4.74 Å². The SMILES string of the molecule is CCOC(=O)[C@H](N)/C=C(/C)CP(=O)(O)O. The highest BCUT2D eigenvalue weighted by Crippen LogP contribution is 2.36. The molecule has 1 atom stereocenters. The summed E-state index contributed by atoms with van der Waals surface area (Å²) in [5.74, 6) is -0.609. The first kappa shape index (κ1) is 14.3. The molecule has 0 rings (SSSR count).